The van der Waals surface area contributed by atoms with Gasteiger partial charge in [0.2, 0.25) is 11.8 Å². The number of likely N-dealkylation sites (tertiary alicyclic amines) is 1. The first-order chi connectivity index (χ1) is 17.0. The third-order valence-corrected chi connectivity index (χ3v) is 7.56. The van der Waals surface area contributed by atoms with E-state index in [2.05, 4.69) is 72.2 Å². The molecule has 36 heavy (non-hydrogen) atoms. The van der Waals surface area contributed by atoms with Gasteiger partial charge in [-0.15, -0.1) is 0 Å². The average molecular weight is 497 g/mol. The number of aromatic nitrogens is 4. The summed E-state index contributed by atoms with van der Waals surface area (Å²) >= 11 is 0. The smallest absolute Gasteiger partial charge is 0.245 e. The molecule has 3 heterocycles. The van der Waals surface area contributed by atoms with Crippen molar-refractivity contribution < 1.29 is 9.59 Å². The van der Waals surface area contributed by atoms with Crippen molar-refractivity contribution in [2.45, 2.75) is 103 Å². The van der Waals surface area contributed by atoms with E-state index in [1.807, 2.05) is 4.90 Å². The number of hydrogen-bond donors (Lipinski definition) is 2. The van der Waals surface area contributed by atoms with Gasteiger partial charge in [-0.3, -0.25) is 9.59 Å². The van der Waals surface area contributed by atoms with Gasteiger partial charge in [0, 0.05) is 31.0 Å². The zero-order chi connectivity index (χ0) is 26.2. The van der Waals surface area contributed by atoms with E-state index in [9.17, 15) is 9.59 Å². The largest absolute Gasteiger partial charge is 0.356 e. The van der Waals surface area contributed by atoms with Gasteiger partial charge in [-0.2, -0.15) is 0 Å². The van der Waals surface area contributed by atoms with Gasteiger partial charge in [0.15, 0.2) is 5.82 Å². The molecule has 1 saturated heterocycles. The number of anilines is 1. The van der Waals surface area contributed by atoms with Crippen molar-refractivity contribution in [1.82, 2.24) is 35.1 Å². The summed E-state index contributed by atoms with van der Waals surface area (Å²) in [5.41, 5.74) is 1.04. The van der Waals surface area contributed by atoms with E-state index in [-0.39, 0.29) is 29.3 Å². The maximum atomic E-state index is 13.6. The van der Waals surface area contributed by atoms with Crippen molar-refractivity contribution in [3.8, 4) is 0 Å². The molecule has 2 aromatic rings. The number of amides is 2. The molecule has 196 valence electrons. The standard InChI is InChI=1S/C26H40N8O2/c1-15(2)33(7)17-8-9-21(19(12-17)30-16(3)35)34-11-10-18(24(34)36)31-23-22-20(28-14-29-23)13-27-25(32-22)26(4,5)6/h13-15,17-19,21H,8-12H2,1-7H3,(H,30,35)(H,28,29,31)/t17-,18?,19-,21+/m1/s1. The van der Waals surface area contributed by atoms with E-state index in [1.54, 1.807) is 13.1 Å². The van der Waals surface area contributed by atoms with Crippen LogP contribution < -0.4 is 10.6 Å². The predicted molar refractivity (Wildman–Crippen MR) is 139 cm³/mol. The summed E-state index contributed by atoms with van der Waals surface area (Å²) in [5.74, 6) is 1.24. The quantitative estimate of drug-likeness (QED) is 0.627. The molecule has 10 heteroatoms. The van der Waals surface area contributed by atoms with Crippen molar-refractivity contribution in [2.24, 2.45) is 0 Å². The van der Waals surface area contributed by atoms with Crippen LogP contribution in [0.2, 0.25) is 0 Å². The fourth-order valence-electron chi connectivity index (χ4n) is 5.36. The number of rotatable bonds is 6. The lowest BCUT2D eigenvalue weighted by molar-refractivity contribution is -0.133. The van der Waals surface area contributed by atoms with Gasteiger partial charge in [0.1, 0.15) is 29.2 Å². The Kier molecular flexibility index (Phi) is 7.45. The summed E-state index contributed by atoms with van der Waals surface area (Å²) in [5, 5.41) is 6.50. The van der Waals surface area contributed by atoms with Gasteiger partial charge in [0.25, 0.3) is 0 Å². The molecule has 1 aliphatic carbocycles. The molecule has 1 aliphatic heterocycles. The molecular weight excluding hydrogens is 456 g/mol. The van der Waals surface area contributed by atoms with E-state index in [1.165, 1.54) is 6.33 Å². The van der Waals surface area contributed by atoms with Crippen LogP contribution in [0.4, 0.5) is 5.82 Å². The Morgan fingerprint density at radius 1 is 1.17 bits per heavy atom. The number of fused-ring (bicyclic) bond motifs is 1. The summed E-state index contributed by atoms with van der Waals surface area (Å²) in [6.07, 6.45) is 6.55. The summed E-state index contributed by atoms with van der Waals surface area (Å²) in [7, 11) is 2.14. The molecule has 4 atom stereocenters. The monoisotopic (exact) mass is 496 g/mol. The van der Waals surface area contributed by atoms with Gasteiger partial charge >= 0.3 is 0 Å². The second kappa shape index (κ2) is 10.2. The molecule has 4 rings (SSSR count). The molecular formula is C26H40N8O2. The lowest BCUT2D eigenvalue weighted by Crippen LogP contribution is -2.58. The van der Waals surface area contributed by atoms with Crippen LogP contribution in [0, 0.1) is 0 Å². The van der Waals surface area contributed by atoms with E-state index < -0.39 is 6.04 Å². The second-order valence-electron chi connectivity index (χ2n) is 11.5. The summed E-state index contributed by atoms with van der Waals surface area (Å²) in [6, 6.07) is 0.338. The molecule has 0 radical (unpaired) electrons. The van der Waals surface area contributed by atoms with Crippen LogP contribution in [0.25, 0.3) is 11.0 Å². The van der Waals surface area contributed by atoms with Crippen LogP contribution in [0.1, 0.15) is 73.1 Å². The van der Waals surface area contributed by atoms with Crippen molar-refractivity contribution in [2.75, 3.05) is 18.9 Å². The number of carbonyl (C=O) groups excluding carboxylic acids is 2. The molecule has 0 spiro atoms. The summed E-state index contributed by atoms with van der Waals surface area (Å²) < 4.78 is 0. The molecule has 2 aliphatic rings. The van der Waals surface area contributed by atoms with Crippen LogP contribution in [0.5, 0.6) is 0 Å². The van der Waals surface area contributed by atoms with Crippen molar-refractivity contribution >= 4 is 28.7 Å². The van der Waals surface area contributed by atoms with Gasteiger partial charge in [-0.1, -0.05) is 20.8 Å². The number of carbonyl (C=O) groups is 2. The van der Waals surface area contributed by atoms with Crippen LogP contribution in [-0.2, 0) is 15.0 Å². The highest BCUT2D eigenvalue weighted by Gasteiger charge is 2.43. The molecule has 0 aromatic carbocycles. The zero-order valence-electron chi connectivity index (χ0n) is 22.6. The molecule has 10 nitrogen and oxygen atoms in total. The Labute approximate surface area is 213 Å². The lowest BCUT2D eigenvalue weighted by Gasteiger charge is -2.44. The van der Waals surface area contributed by atoms with E-state index in [0.29, 0.717) is 47.7 Å². The number of hydrogen-bond acceptors (Lipinski definition) is 8. The molecule has 2 amide bonds. The normalized spacial score (nSPS) is 25.1. The highest BCUT2D eigenvalue weighted by atomic mass is 16.2. The van der Waals surface area contributed by atoms with Gasteiger partial charge in [0.05, 0.1) is 18.3 Å². The highest BCUT2D eigenvalue weighted by molar-refractivity contribution is 5.91. The Morgan fingerprint density at radius 2 is 1.92 bits per heavy atom. The van der Waals surface area contributed by atoms with Gasteiger partial charge in [-0.25, -0.2) is 19.9 Å². The Morgan fingerprint density at radius 3 is 2.58 bits per heavy atom. The summed E-state index contributed by atoms with van der Waals surface area (Å²) in [6.45, 7) is 12.7. The van der Waals surface area contributed by atoms with Gasteiger partial charge < -0.3 is 20.4 Å². The first-order valence-electron chi connectivity index (χ1n) is 13.0. The molecule has 2 aromatic heterocycles. The van der Waals surface area contributed by atoms with Crippen LogP contribution >= 0.6 is 0 Å². The second-order valence-corrected chi connectivity index (χ2v) is 11.5. The minimum Gasteiger partial charge on any atom is -0.356 e. The number of nitrogens with one attached hydrogen (secondary N) is 2. The van der Waals surface area contributed by atoms with Crippen molar-refractivity contribution in [1.29, 1.82) is 0 Å². The van der Waals surface area contributed by atoms with Crippen molar-refractivity contribution in [3.05, 3.63) is 18.3 Å². The third-order valence-electron chi connectivity index (χ3n) is 7.56. The first kappa shape index (κ1) is 26.2. The minimum absolute atomic E-state index is 0.0121. The van der Waals surface area contributed by atoms with Crippen LogP contribution in [-0.4, -0.2) is 85.4 Å². The topological polar surface area (TPSA) is 116 Å². The van der Waals surface area contributed by atoms with Crippen LogP contribution in [0.3, 0.4) is 0 Å². The first-order valence-corrected chi connectivity index (χ1v) is 13.0. The van der Waals surface area contributed by atoms with E-state index in [4.69, 9.17) is 4.98 Å². The predicted octanol–water partition coefficient (Wildman–Crippen LogP) is 2.50. The maximum absolute atomic E-state index is 13.6. The fourth-order valence-corrected chi connectivity index (χ4v) is 5.36. The highest BCUT2D eigenvalue weighted by Crippen LogP contribution is 2.31. The van der Waals surface area contributed by atoms with Gasteiger partial charge in [-0.05, 0) is 46.6 Å². The molecule has 1 saturated carbocycles. The summed E-state index contributed by atoms with van der Waals surface area (Å²) in [4.78, 5) is 47.9. The Balaban J connectivity index is 1.52. The Bertz CT molecular complexity index is 1110. The number of nitrogens with zero attached hydrogens (tertiary/aromatic N) is 6. The van der Waals surface area contributed by atoms with E-state index >= 15 is 0 Å². The Hall–Kier alpha value is -2.88. The SMILES string of the molecule is CC(=O)N[C@@H]1C[C@H](N(C)C(C)C)CC[C@@H]1N1CCC(Nc2ncnc3cnc(C(C)(C)C)nc23)C1=O. The van der Waals surface area contributed by atoms with Crippen molar-refractivity contribution in [3.63, 3.8) is 0 Å². The average Bonchev–Trinajstić information content (AvgIpc) is 3.17. The molecule has 0 bridgehead atoms. The minimum atomic E-state index is -0.398. The van der Waals surface area contributed by atoms with E-state index in [0.717, 1.165) is 19.3 Å². The maximum Gasteiger partial charge on any atom is 0.245 e. The fraction of sp³-hybridized carbons (Fsp3) is 0.692. The third kappa shape index (κ3) is 5.43. The molecule has 2 fully saturated rings. The van der Waals surface area contributed by atoms with Crippen LogP contribution in [0.15, 0.2) is 12.5 Å². The lowest BCUT2D eigenvalue weighted by atomic mass is 9.84. The molecule has 2 N–H and O–H groups in total. The zero-order valence-corrected chi connectivity index (χ0v) is 22.6. The molecule has 1 unspecified atom stereocenters.